The lowest BCUT2D eigenvalue weighted by atomic mass is 9.80. The molecule has 0 aromatic heterocycles. The Kier molecular flexibility index (Phi) is 5.30. The Balaban J connectivity index is 1.70. The Labute approximate surface area is 106 Å². The number of rotatable bonds is 4. The fourth-order valence-electron chi connectivity index (χ4n) is 3.27. The first kappa shape index (κ1) is 13.4. The molecule has 1 aliphatic heterocycles. The van der Waals surface area contributed by atoms with E-state index in [1.165, 1.54) is 44.9 Å². The Morgan fingerprint density at radius 2 is 1.53 bits per heavy atom. The Morgan fingerprint density at radius 1 is 0.882 bits per heavy atom. The van der Waals surface area contributed by atoms with Gasteiger partial charge in [0.05, 0.1) is 13.2 Å². The molecule has 0 spiro atoms. The monoisotopic (exact) mass is 240 g/mol. The molecule has 0 amide bonds. The second-order valence-corrected chi connectivity index (χ2v) is 5.88. The molecule has 2 heteroatoms. The minimum Gasteiger partial charge on any atom is -0.352 e. The molecule has 0 N–H and O–H groups in total. The summed E-state index contributed by atoms with van der Waals surface area (Å²) >= 11 is 0. The highest BCUT2D eigenvalue weighted by atomic mass is 16.7. The molecule has 2 fully saturated rings. The third-order valence-corrected chi connectivity index (χ3v) is 4.54. The highest BCUT2D eigenvalue weighted by Gasteiger charge is 2.31. The largest absolute Gasteiger partial charge is 0.352 e. The van der Waals surface area contributed by atoms with E-state index in [1.54, 1.807) is 0 Å². The first-order valence-corrected chi connectivity index (χ1v) is 7.56. The zero-order valence-corrected chi connectivity index (χ0v) is 11.5. The van der Waals surface area contributed by atoms with Gasteiger partial charge in [-0.1, -0.05) is 39.5 Å². The quantitative estimate of drug-likeness (QED) is 0.739. The summed E-state index contributed by atoms with van der Waals surface area (Å²) in [5.74, 6) is 2.27. The summed E-state index contributed by atoms with van der Waals surface area (Å²) in [6, 6.07) is 0. The fraction of sp³-hybridized carbons (Fsp3) is 1.00. The van der Waals surface area contributed by atoms with Gasteiger partial charge in [0.15, 0.2) is 6.29 Å². The summed E-state index contributed by atoms with van der Waals surface area (Å²) in [4.78, 5) is 0. The van der Waals surface area contributed by atoms with Crippen LogP contribution in [0.4, 0.5) is 0 Å². The zero-order chi connectivity index (χ0) is 12.1. The van der Waals surface area contributed by atoms with Gasteiger partial charge in [-0.2, -0.15) is 0 Å². The van der Waals surface area contributed by atoms with Gasteiger partial charge < -0.3 is 9.47 Å². The van der Waals surface area contributed by atoms with Crippen LogP contribution < -0.4 is 0 Å². The van der Waals surface area contributed by atoms with Crippen LogP contribution in [0.15, 0.2) is 0 Å². The van der Waals surface area contributed by atoms with Crippen molar-refractivity contribution in [1.82, 2.24) is 0 Å². The van der Waals surface area contributed by atoms with E-state index in [-0.39, 0.29) is 6.29 Å². The molecule has 2 rings (SSSR count). The summed E-state index contributed by atoms with van der Waals surface area (Å²) in [6.45, 7) is 6.39. The standard InChI is InChI=1S/C15H28O2/c1-3-5-13-10-16-15(17-11-13)14-8-6-12(4-2)7-9-14/h12-15H,3-11H2,1-2H3/t12-,13-,14-,15-. The van der Waals surface area contributed by atoms with E-state index < -0.39 is 0 Å². The normalized spacial score (nSPS) is 39.2. The van der Waals surface area contributed by atoms with Gasteiger partial charge >= 0.3 is 0 Å². The molecule has 2 aliphatic rings. The summed E-state index contributed by atoms with van der Waals surface area (Å²) in [5.41, 5.74) is 0. The molecule has 1 heterocycles. The van der Waals surface area contributed by atoms with Gasteiger partial charge in [-0.3, -0.25) is 0 Å². The lowest BCUT2D eigenvalue weighted by molar-refractivity contribution is -0.230. The smallest absolute Gasteiger partial charge is 0.160 e. The molecule has 0 aromatic carbocycles. The molecule has 1 saturated heterocycles. The van der Waals surface area contributed by atoms with Crippen LogP contribution in [0.25, 0.3) is 0 Å². The van der Waals surface area contributed by atoms with Gasteiger partial charge in [0.25, 0.3) is 0 Å². The van der Waals surface area contributed by atoms with Crippen molar-refractivity contribution in [2.45, 2.75) is 65.1 Å². The summed E-state index contributed by atoms with van der Waals surface area (Å²) in [6.07, 6.45) is 9.31. The number of ether oxygens (including phenoxy) is 2. The van der Waals surface area contributed by atoms with E-state index in [1.807, 2.05) is 0 Å². The van der Waals surface area contributed by atoms with Crippen LogP contribution in [0.5, 0.6) is 0 Å². The average Bonchev–Trinajstić information content (AvgIpc) is 2.40. The molecule has 1 aliphatic carbocycles. The lowest BCUT2D eigenvalue weighted by Crippen LogP contribution is -2.38. The van der Waals surface area contributed by atoms with E-state index in [0.717, 1.165) is 19.1 Å². The third-order valence-electron chi connectivity index (χ3n) is 4.54. The molecule has 0 atom stereocenters. The van der Waals surface area contributed by atoms with Crippen molar-refractivity contribution >= 4 is 0 Å². The molecule has 17 heavy (non-hydrogen) atoms. The van der Waals surface area contributed by atoms with Crippen LogP contribution in [0, 0.1) is 17.8 Å². The Morgan fingerprint density at radius 3 is 2.06 bits per heavy atom. The third kappa shape index (κ3) is 3.69. The predicted octanol–water partition coefficient (Wildman–Crippen LogP) is 3.99. The van der Waals surface area contributed by atoms with Crippen molar-refractivity contribution in [3.8, 4) is 0 Å². The molecule has 0 aromatic rings. The number of hydrogen-bond donors (Lipinski definition) is 0. The lowest BCUT2D eigenvalue weighted by Gasteiger charge is -2.37. The molecule has 0 radical (unpaired) electrons. The Hall–Kier alpha value is -0.0800. The van der Waals surface area contributed by atoms with Gasteiger partial charge in [0, 0.05) is 11.8 Å². The predicted molar refractivity (Wildman–Crippen MR) is 69.8 cm³/mol. The van der Waals surface area contributed by atoms with Crippen LogP contribution in [0.3, 0.4) is 0 Å². The van der Waals surface area contributed by atoms with Crippen molar-refractivity contribution in [1.29, 1.82) is 0 Å². The fourth-order valence-corrected chi connectivity index (χ4v) is 3.27. The summed E-state index contributed by atoms with van der Waals surface area (Å²) in [7, 11) is 0. The SMILES string of the molecule is CCC[C@H]1CO[C@H]([C@H]2CC[C@H](CC)CC2)OC1. The van der Waals surface area contributed by atoms with Crippen LogP contribution >= 0.6 is 0 Å². The molecule has 0 unspecified atom stereocenters. The van der Waals surface area contributed by atoms with Gasteiger partial charge in [0.1, 0.15) is 0 Å². The first-order valence-electron chi connectivity index (χ1n) is 7.56. The topological polar surface area (TPSA) is 18.5 Å². The van der Waals surface area contributed by atoms with E-state index in [9.17, 15) is 0 Å². The van der Waals surface area contributed by atoms with Gasteiger partial charge in [0.2, 0.25) is 0 Å². The van der Waals surface area contributed by atoms with E-state index >= 15 is 0 Å². The first-order chi connectivity index (χ1) is 8.33. The maximum atomic E-state index is 5.93. The maximum Gasteiger partial charge on any atom is 0.160 e. The van der Waals surface area contributed by atoms with Gasteiger partial charge in [-0.25, -0.2) is 0 Å². The van der Waals surface area contributed by atoms with Crippen LogP contribution in [0.1, 0.15) is 58.8 Å². The van der Waals surface area contributed by atoms with Crippen molar-refractivity contribution in [2.24, 2.45) is 17.8 Å². The van der Waals surface area contributed by atoms with Crippen molar-refractivity contribution < 1.29 is 9.47 Å². The molecule has 100 valence electrons. The van der Waals surface area contributed by atoms with Crippen molar-refractivity contribution in [3.05, 3.63) is 0 Å². The summed E-state index contributed by atoms with van der Waals surface area (Å²) < 4.78 is 11.9. The van der Waals surface area contributed by atoms with Gasteiger partial charge in [-0.05, 0) is 25.2 Å². The Bertz CT molecular complexity index is 201. The van der Waals surface area contributed by atoms with E-state index in [2.05, 4.69) is 13.8 Å². The molecular formula is C15H28O2. The second kappa shape index (κ2) is 6.75. The second-order valence-electron chi connectivity index (χ2n) is 5.88. The highest BCUT2D eigenvalue weighted by Crippen LogP contribution is 2.35. The van der Waals surface area contributed by atoms with Gasteiger partial charge in [-0.15, -0.1) is 0 Å². The number of hydrogen-bond acceptors (Lipinski definition) is 2. The van der Waals surface area contributed by atoms with Crippen molar-refractivity contribution in [2.75, 3.05) is 13.2 Å². The van der Waals surface area contributed by atoms with E-state index in [4.69, 9.17) is 9.47 Å². The molecular weight excluding hydrogens is 212 g/mol. The molecule has 1 saturated carbocycles. The highest BCUT2D eigenvalue weighted by molar-refractivity contribution is 4.76. The van der Waals surface area contributed by atoms with Crippen LogP contribution in [-0.4, -0.2) is 19.5 Å². The van der Waals surface area contributed by atoms with Crippen LogP contribution in [-0.2, 0) is 9.47 Å². The average molecular weight is 240 g/mol. The molecule has 2 nitrogen and oxygen atoms in total. The maximum absolute atomic E-state index is 5.93. The minimum absolute atomic E-state index is 0.112. The van der Waals surface area contributed by atoms with E-state index in [0.29, 0.717) is 11.8 Å². The van der Waals surface area contributed by atoms with Crippen molar-refractivity contribution in [3.63, 3.8) is 0 Å². The zero-order valence-electron chi connectivity index (χ0n) is 11.5. The molecule has 0 bridgehead atoms. The minimum atomic E-state index is 0.112. The summed E-state index contributed by atoms with van der Waals surface area (Å²) in [5, 5.41) is 0. The van der Waals surface area contributed by atoms with Crippen LogP contribution in [0.2, 0.25) is 0 Å².